The van der Waals surface area contributed by atoms with Crippen LogP contribution in [-0.4, -0.2) is 29.1 Å². The van der Waals surface area contributed by atoms with Crippen molar-refractivity contribution >= 4 is 5.82 Å². The summed E-state index contributed by atoms with van der Waals surface area (Å²) in [5.74, 6) is 0.931. The molecule has 0 saturated carbocycles. The lowest BCUT2D eigenvalue weighted by atomic mass is 10.1. The van der Waals surface area contributed by atoms with Crippen LogP contribution in [0.15, 0.2) is 12.4 Å². The number of rotatable bonds is 4. The van der Waals surface area contributed by atoms with Crippen molar-refractivity contribution in [2.75, 3.05) is 18.4 Å². The highest BCUT2D eigenvalue weighted by Gasteiger charge is 2.12. The molecule has 4 nitrogen and oxygen atoms in total. The Bertz CT molecular complexity index is 307. The first-order valence-corrected chi connectivity index (χ1v) is 5.60. The smallest absolute Gasteiger partial charge is 0.129 e. The summed E-state index contributed by atoms with van der Waals surface area (Å²) in [6.45, 7) is 4.14. The van der Waals surface area contributed by atoms with E-state index in [1.807, 2.05) is 13.0 Å². The minimum absolute atomic E-state index is 0.695. The summed E-state index contributed by atoms with van der Waals surface area (Å²) in [6.07, 6.45) is 5.40. The molecule has 4 heteroatoms. The molecule has 1 aromatic heterocycles. The van der Waals surface area contributed by atoms with Gasteiger partial charge in [-0.05, 0) is 32.7 Å². The van der Waals surface area contributed by atoms with Crippen molar-refractivity contribution in [3.8, 4) is 0 Å². The summed E-state index contributed by atoms with van der Waals surface area (Å²) < 4.78 is 0. The molecule has 2 heterocycles. The van der Waals surface area contributed by atoms with Crippen LogP contribution in [0, 0.1) is 6.92 Å². The molecule has 0 spiro atoms. The Balaban J connectivity index is 1.73. The zero-order chi connectivity index (χ0) is 10.5. The second-order valence-corrected chi connectivity index (χ2v) is 4.05. The van der Waals surface area contributed by atoms with E-state index in [1.165, 1.54) is 25.8 Å². The van der Waals surface area contributed by atoms with Crippen LogP contribution in [0.2, 0.25) is 0 Å². The molecular formula is C11H18N4. The lowest BCUT2D eigenvalue weighted by Crippen LogP contribution is -2.24. The molecule has 1 aliphatic heterocycles. The van der Waals surface area contributed by atoms with E-state index in [2.05, 4.69) is 20.6 Å². The molecule has 82 valence electrons. The van der Waals surface area contributed by atoms with Crippen LogP contribution in [0.5, 0.6) is 0 Å². The molecule has 1 saturated heterocycles. The second kappa shape index (κ2) is 5.07. The van der Waals surface area contributed by atoms with Gasteiger partial charge in [-0.25, -0.2) is 9.97 Å². The number of hydrogen-bond acceptors (Lipinski definition) is 4. The van der Waals surface area contributed by atoms with E-state index in [9.17, 15) is 0 Å². The van der Waals surface area contributed by atoms with E-state index in [0.717, 1.165) is 18.1 Å². The molecule has 1 aliphatic rings. The van der Waals surface area contributed by atoms with Crippen LogP contribution >= 0.6 is 0 Å². The van der Waals surface area contributed by atoms with Gasteiger partial charge in [-0.1, -0.05) is 0 Å². The summed E-state index contributed by atoms with van der Waals surface area (Å²) in [7, 11) is 0. The van der Waals surface area contributed by atoms with Crippen molar-refractivity contribution in [3.63, 3.8) is 0 Å². The normalized spacial score (nSPS) is 20.5. The van der Waals surface area contributed by atoms with Crippen LogP contribution in [0.25, 0.3) is 0 Å². The van der Waals surface area contributed by atoms with Crippen LogP contribution in [-0.2, 0) is 0 Å². The molecule has 0 aromatic carbocycles. The molecule has 1 fully saturated rings. The van der Waals surface area contributed by atoms with Crippen LogP contribution in [0.1, 0.15) is 25.0 Å². The van der Waals surface area contributed by atoms with Crippen molar-refractivity contribution in [2.45, 2.75) is 32.2 Å². The Hall–Kier alpha value is -1.16. The molecule has 2 rings (SSSR count). The minimum Gasteiger partial charge on any atom is -0.370 e. The average molecular weight is 206 g/mol. The quantitative estimate of drug-likeness (QED) is 0.780. The van der Waals surface area contributed by atoms with E-state index in [1.54, 1.807) is 6.33 Å². The fourth-order valence-electron chi connectivity index (χ4n) is 1.93. The Labute approximate surface area is 90.5 Å². The van der Waals surface area contributed by atoms with Gasteiger partial charge in [0, 0.05) is 24.3 Å². The SMILES string of the molecule is Cc1cc(NCC[C@@H]2CCCN2)ncn1. The van der Waals surface area contributed by atoms with E-state index >= 15 is 0 Å². The standard InChI is InChI=1S/C11H18N4/c1-9-7-11(15-8-14-9)13-6-4-10-3-2-5-12-10/h7-8,10,12H,2-6H2,1H3,(H,13,14,15)/t10-/m0/s1. The minimum atomic E-state index is 0.695. The molecule has 15 heavy (non-hydrogen) atoms. The van der Waals surface area contributed by atoms with Gasteiger partial charge in [-0.3, -0.25) is 0 Å². The Morgan fingerprint density at radius 1 is 1.53 bits per heavy atom. The third-order valence-corrected chi connectivity index (χ3v) is 2.77. The van der Waals surface area contributed by atoms with Crippen LogP contribution in [0.4, 0.5) is 5.82 Å². The molecule has 0 amide bonds. The summed E-state index contributed by atoms with van der Waals surface area (Å²) in [6, 6.07) is 2.67. The first-order chi connectivity index (χ1) is 7.34. The molecule has 2 N–H and O–H groups in total. The first kappa shape index (κ1) is 10.4. The zero-order valence-electron chi connectivity index (χ0n) is 9.16. The number of aromatic nitrogens is 2. The third kappa shape index (κ3) is 3.16. The van der Waals surface area contributed by atoms with Gasteiger partial charge in [0.05, 0.1) is 0 Å². The lowest BCUT2D eigenvalue weighted by Gasteiger charge is -2.10. The molecular weight excluding hydrogens is 188 g/mol. The fourth-order valence-corrected chi connectivity index (χ4v) is 1.93. The van der Waals surface area contributed by atoms with Gasteiger partial charge < -0.3 is 10.6 Å². The topological polar surface area (TPSA) is 49.8 Å². The number of aryl methyl sites for hydroxylation is 1. The molecule has 0 bridgehead atoms. The van der Waals surface area contributed by atoms with E-state index in [0.29, 0.717) is 6.04 Å². The van der Waals surface area contributed by atoms with Gasteiger partial charge in [-0.15, -0.1) is 0 Å². The molecule has 1 aromatic rings. The first-order valence-electron chi connectivity index (χ1n) is 5.60. The maximum absolute atomic E-state index is 4.16. The lowest BCUT2D eigenvalue weighted by molar-refractivity contribution is 0.574. The predicted molar refractivity (Wildman–Crippen MR) is 60.9 cm³/mol. The highest BCUT2D eigenvalue weighted by Crippen LogP contribution is 2.09. The third-order valence-electron chi connectivity index (χ3n) is 2.77. The monoisotopic (exact) mass is 206 g/mol. The average Bonchev–Trinajstić information content (AvgIpc) is 2.71. The highest BCUT2D eigenvalue weighted by molar-refractivity contribution is 5.34. The van der Waals surface area contributed by atoms with Crippen molar-refractivity contribution in [2.24, 2.45) is 0 Å². The van der Waals surface area contributed by atoms with Gasteiger partial charge in [0.15, 0.2) is 0 Å². The van der Waals surface area contributed by atoms with Gasteiger partial charge in [-0.2, -0.15) is 0 Å². The van der Waals surface area contributed by atoms with Crippen molar-refractivity contribution in [1.82, 2.24) is 15.3 Å². The Morgan fingerprint density at radius 2 is 2.47 bits per heavy atom. The maximum atomic E-state index is 4.16. The van der Waals surface area contributed by atoms with Crippen LogP contribution < -0.4 is 10.6 Å². The Morgan fingerprint density at radius 3 is 3.20 bits per heavy atom. The van der Waals surface area contributed by atoms with E-state index in [-0.39, 0.29) is 0 Å². The number of nitrogens with zero attached hydrogens (tertiary/aromatic N) is 2. The predicted octanol–water partition coefficient (Wildman–Crippen LogP) is 1.34. The van der Waals surface area contributed by atoms with E-state index in [4.69, 9.17) is 0 Å². The number of hydrogen-bond donors (Lipinski definition) is 2. The van der Waals surface area contributed by atoms with Gasteiger partial charge >= 0.3 is 0 Å². The molecule has 0 radical (unpaired) electrons. The van der Waals surface area contributed by atoms with E-state index < -0.39 is 0 Å². The Kier molecular flexibility index (Phi) is 3.50. The summed E-state index contributed by atoms with van der Waals surface area (Å²) >= 11 is 0. The molecule has 0 aliphatic carbocycles. The summed E-state index contributed by atoms with van der Waals surface area (Å²) in [4.78, 5) is 8.22. The van der Waals surface area contributed by atoms with Gasteiger partial charge in [0.1, 0.15) is 12.1 Å². The largest absolute Gasteiger partial charge is 0.370 e. The zero-order valence-corrected chi connectivity index (χ0v) is 9.16. The summed E-state index contributed by atoms with van der Waals surface area (Å²) in [5, 5.41) is 6.80. The second-order valence-electron chi connectivity index (χ2n) is 4.05. The van der Waals surface area contributed by atoms with Gasteiger partial charge in [0.25, 0.3) is 0 Å². The van der Waals surface area contributed by atoms with Crippen molar-refractivity contribution in [3.05, 3.63) is 18.1 Å². The van der Waals surface area contributed by atoms with Crippen LogP contribution in [0.3, 0.4) is 0 Å². The molecule has 1 atom stereocenters. The van der Waals surface area contributed by atoms with Crippen molar-refractivity contribution < 1.29 is 0 Å². The molecule has 0 unspecified atom stereocenters. The maximum Gasteiger partial charge on any atom is 0.129 e. The highest BCUT2D eigenvalue weighted by atomic mass is 15.0. The number of nitrogens with one attached hydrogen (secondary N) is 2. The van der Waals surface area contributed by atoms with Crippen molar-refractivity contribution in [1.29, 1.82) is 0 Å². The van der Waals surface area contributed by atoms with Gasteiger partial charge in [0.2, 0.25) is 0 Å². The number of anilines is 1. The fraction of sp³-hybridized carbons (Fsp3) is 0.636. The summed E-state index contributed by atoms with van der Waals surface area (Å²) in [5.41, 5.74) is 1.01.